The highest BCUT2D eigenvalue weighted by Gasteiger charge is 2.10. The molecule has 2 aromatic carbocycles. The van der Waals surface area contributed by atoms with Gasteiger partial charge in [0.25, 0.3) is 0 Å². The molecule has 0 aliphatic heterocycles. The van der Waals surface area contributed by atoms with Crippen LogP contribution in [0.4, 0.5) is 0 Å². The molecule has 0 saturated heterocycles. The summed E-state index contributed by atoms with van der Waals surface area (Å²) in [7, 11) is 0. The van der Waals surface area contributed by atoms with Gasteiger partial charge in [-0.2, -0.15) is 0 Å². The SMILES string of the molecule is O=Cc1ccc(-c2ccc(O)cc2)c(Cl)c1Cl. The summed E-state index contributed by atoms with van der Waals surface area (Å²) in [5.41, 5.74) is 1.91. The van der Waals surface area contributed by atoms with Crippen molar-refractivity contribution in [2.24, 2.45) is 0 Å². The summed E-state index contributed by atoms with van der Waals surface area (Å²) in [4.78, 5) is 10.7. The van der Waals surface area contributed by atoms with E-state index >= 15 is 0 Å². The topological polar surface area (TPSA) is 37.3 Å². The lowest BCUT2D eigenvalue weighted by atomic mass is 10.0. The highest BCUT2D eigenvalue weighted by atomic mass is 35.5. The van der Waals surface area contributed by atoms with Crippen LogP contribution in [-0.4, -0.2) is 11.4 Å². The Bertz CT molecular complexity index is 562. The van der Waals surface area contributed by atoms with Gasteiger partial charge in [0.2, 0.25) is 0 Å². The summed E-state index contributed by atoms with van der Waals surface area (Å²) in [5.74, 6) is 0.181. The number of phenols is 1. The molecule has 2 rings (SSSR count). The van der Waals surface area contributed by atoms with Crippen molar-refractivity contribution in [3.05, 3.63) is 52.0 Å². The van der Waals surface area contributed by atoms with Gasteiger partial charge in [-0.1, -0.05) is 41.4 Å². The lowest BCUT2D eigenvalue weighted by Crippen LogP contribution is -1.86. The molecule has 0 saturated carbocycles. The largest absolute Gasteiger partial charge is 0.508 e. The molecule has 2 aromatic rings. The predicted octanol–water partition coefficient (Wildman–Crippen LogP) is 4.18. The molecule has 0 fully saturated rings. The Kier molecular flexibility index (Phi) is 3.36. The van der Waals surface area contributed by atoms with Crippen LogP contribution in [0.25, 0.3) is 11.1 Å². The molecule has 0 aliphatic rings. The number of benzene rings is 2. The average molecular weight is 267 g/mol. The molecule has 0 unspecified atom stereocenters. The first-order valence-corrected chi connectivity index (χ1v) is 5.61. The van der Waals surface area contributed by atoms with Crippen molar-refractivity contribution in [1.29, 1.82) is 0 Å². The zero-order chi connectivity index (χ0) is 12.4. The summed E-state index contributed by atoms with van der Waals surface area (Å²) in [6.45, 7) is 0. The number of hydrogen-bond donors (Lipinski definition) is 1. The zero-order valence-corrected chi connectivity index (χ0v) is 10.2. The van der Waals surface area contributed by atoms with E-state index in [0.29, 0.717) is 16.9 Å². The first kappa shape index (κ1) is 12.0. The second kappa shape index (κ2) is 4.78. The number of phenolic OH excluding ortho intramolecular Hbond substituents is 1. The van der Waals surface area contributed by atoms with Gasteiger partial charge < -0.3 is 5.11 Å². The van der Waals surface area contributed by atoms with Gasteiger partial charge in [-0.05, 0) is 23.8 Å². The number of carbonyl (C=O) groups excluding carboxylic acids is 1. The normalized spacial score (nSPS) is 10.2. The molecule has 86 valence electrons. The summed E-state index contributed by atoms with van der Waals surface area (Å²) in [6.07, 6.45) is 0.662. The third-order valence-corrected chi connectivity index (χ3v) is 3.31. The summed E-state index contributed by atoms with van der Waals surface area (Å²) < 4.78 is 0. The van der Waals surface area contributed by atoms with Gasteiger partial charge in [0.15, 0.2) is 6.29 Å². The van der Waals surface area contributed by atoms with Crippen molar-refractivity contribution < 1.29 is 9.90 Å². The third kappa shape index (κ3) is 2.28. The Hall–Kier alpha value is -1.51. The second-order valence-corrected chi connectivity index (χ2v) is 4.25. The number of halogens is 2. The Labute approximate surface area is 108 Å². The Morgan fingerprint density at radius 3 is 2.18 bits per heavy atom. The van der Waals surface area contributed by atoms with Gasteiger partial charge >= 0.3 is 0 Å². The van der Waals surface area contributed by atoms with Gasteiger partial charge in [0, 0.05) is 11.1 Å². The fourth-order valence-electron chi connectivity index (χ4n) is 1.52. The smallest absolute Gasteiger partial charge is 0.151 e. The number of hydrogen-bond acceptors (Lipinski definition) is 2. The molecule has 0 radical (unpaired) electrons. The van der Waals surface area contributed by atoms with E-state index < -0.39 is 0 Å². The van der Waals surface area contributed by atoms with Crippen LogP contribution in [0.15, 0.2) is 36.4 Å². The number of aromatic hydroxyl groups is 1. The van der Waals surface area contributed by atoms with E-state index in [1.165, 1.54) is 0 Å². The predicted molar refractivity (Wildman–Crippen MR) is 69.0 cm³/mol. The van der Waals surface area contributed by atoms with E-state index in [1.54, 1.807) is 36.4 Å². The highest BCUT2D eigenvalue weighted by Crippen LogP contribution is 2.35. The first-order chi connectivity index (χ1) is 8.13. The fraction of sp³-hybridized carbons (Fsp3) is 0. The van der Waals surface area contributed by atoms with E-state index in [9.17, 15) is 9.90 Å². The highest BCUT2D eigenvalue weighted by molar-refractivity contribution is 6.45. The fourth-order valence-corrected chi connectivity index (χ4v) is 2.01. The van der Waals surface area contributed by atoms with E-state index in [1.807, 2.05) is 0 Å². The zero-order valence-electron chi connectivity index (χ0n) is 8.65. The molecule has 0 atom stereocenters. The number of aldehydes is 1. The minimum absolute atomic E-state index is 0.181. The van der Waals surface area contributed by atoms with Crippen molar-refractivity contribution >= 4 is 29.5 Å². The molecule has 0 spiro atoms. The first-order valence-electron chi connectivity index (χ1n) is 4.86. The van der Waals surface area contributed by atoms with Crippen molar-refractivity contribution in [3.8, 4) is 16.9 Å². The Morgan fingerprint density at radius 2 is 1.59 bits per heavy atom. The molecule has 0 amide bonds. The number of carbonyl (C=O) groups is 1. The van der Waals surface area contributed by atoms with Gasteiger partial charge in [-0.25, -0.2) is 0 Å². The van der Waals surface area contributed by atoms with Crippen molar-refractivity contribution in [1.82, 2.24) is 0 Å². The lowest BCUT2D eigenvalue weighted by Gasteiger charge is -2.07. The molecular weight excluding hydrogens is 259 g/mol. The van der Waals surface area contributed by atoms with Crippen LogP contribution in [0, 0.1) is 0 Å². The molecule has 0 heterocycles. The van der Waals surface area contributed by atoms with Crippen LogP contribution >= 0.6 is 23.2 Å². The quantitative estimate of drug-likeness (QED) is 0.829. The summed E-state index contributed by atoms with van der Waals surface area (Å²) in [6, 6.07) is 9.93. The van der Waals surface area contributed by atoms with Crippen molar-refractivity contribution in [2.45, 2.75) is 0 Å². The second-order valence-electron chi connectivity index (χ2n) is 3.50. The van der Waals surface area contributed by atoms with E-state index in [0.717, 1.165) is 11.1 Å². The molecule has 17 heavy (non-hydrogen) atoms. The molecular formula is C13H8Cl2O2. The van der Waals surface area contributed by atoms with Crippen LogP contribution in [0.1, 0.15) is 10.4 Å². The standard InChI is InChI=1S/C13H8Cl2O2/c14-12-9(7-16)3-6-11(13(12)15)8-1-4-10(17)5-2-8/h1-7,17H. The maximum absolute atomic E-state index is 10.7. The molecule has 1 N–H and O–H groups in total. The van der Waals surface area contributed by atoms with Crippen molar-refractivity contribution in [2.75, 3.05) is 0 Å². The maximum Gasteiger partial charge on any atom is 0.151 e. The minimum atomic E-state index is 0.181. The van der Waals surface area contributed by atoms with Crippen molar-refractivity contribution in [3.63, 3.8) is 0 Å². The van der Waals surface area contributed by atoms with E-state index in [4.69, 9.17) is 23.2 Å². The molecule has 0 aliphatic carbocycles. The Morgan fingerprint density at radius 1 is 0.941 bits per heavy atom. The molecule has 2 nitrogen and oxygen atoms in total. The molecule has 4 heteroatoms. The number of rotatable bonds is 2. The molecule has 0 bridgehead atoms. The minimum Gasteiger partial charge on any atom is -0.508 e. The average Bonchev–Trinajstić information content (AvgIpc) is 2.34. The van der Waals surface area contributed by atoms with Gasteiger partial charge in [0.05, 0.1) is 10.0 Å². The summed E-state index contributed by atoms with van der Waals surface area (Å²) >= 11 is 12.1. The van der Waals surface area contributed by atoms with Crippen LogP contribution in [0.5, 0.6) is 5.75 Å². The lowest BCUT2D eigenvalue weighted by molar-refractivity contribution is 0.112. The molecule has 0 aromatic heterocycles. The van der Waals surface area contributed by atoms with Crippen LogP contribution < -0.4 is 0 Å². The maximum atomic E-state index is 10.7. The summed E-state index contributed by atoms with van der Waals surface area (Å²) in [5, 5.41) is 9.78. The van der Waals surface area contributed by atoms with Crippen LogP contribution in [0.3, 0.4) is 0 Å². The van der Waals surface area contributed by atoms with Crippen LogP contribution in [-0.2, 0) is 0 Å². The van der Waals surface area contributed by atoms with E-state index in [-0.39, 0.29) is 10.8 Å². The van der Waals surface area contributed by atoms with Gasteiger partial charge in [0.1, 0.15) is 5.75 Å². The Balaban J connectivity index is 2.57. The third-order valence-electron chi connectivity index (χ3n) is 2.42. The van der Waals surface area contributed by atoms with Gasteiger partial charge in [-0.15, -0.1) is 0 Å². The van der Waals surface area contributed by atoms with Gasteiger partial charge in [-0.3, -0.25) is 4.79 Å². The monoisotopic (exact) mass is 266 g/mol. The van der Waals surface area contributed by atoms with E-state index in [2.05, 4.69) is 0 Å². The van der Waals surface area contributed by atoms with Crippen LogP contribution in [0.2, 0.25) is 10.0 Å².